The summed E-state index contributed by atoms with van der Waals surface area (Å²) in [6, 6.07) is 8.44. The Balaban J connectivity index is 2.06. The monoisotopic (exact) mass is 262 g/mol. The van der Waals surface area contributed by atoms with Gasteiger partial charge in [0.2, 0.25) is 0 Å². The molecule has 0 N–H and O–H groups in total. The van der Waals surface area contributed by atoms with Crippen LogP contribution in [0.4, 0.5) is 0 Å². The minimum atomic E-state index is 1.01. The highest BCUT2D eigenvalue weighted by atomic mass is 32.1. The number of rotatable bonds is 7. The third-order valence-electron chi connectivity index (χ3n) is 3.34. The fraction of sp³-hybridized carbons (Fsp3) is 0.533. The summed E-state index contributed by atoms with van der Waals surface area (Å²) in [6.45, 7) is 3.27. The van der Waals surface area contributed by atoms with E-state index in [1.807, 2.05) is 0 Å². The number of hydrogen-bond acceptors (Lipinski definition) is 2. The van der Waals surface area contributed by atoms with Crippen molar-refractivity contribution in [2.24, 2.45) is 0 Å². The molecular weight excluding hydrogens is 240 g/mol. The smallest absolute Gasteiger partial charge is 0.109 e. The number of nitrogens with zero attached hydrogens (tertiary/aromatic N) is 2. The van der Waals surface area contributed by atoms with Gasteiger partial charge in [-0.1, -0.05) is 31.9 Å². The lowest BCUT2D eigenvalue weighted by Gasteiger charge is -2.07. The van der Waals surface area contributed by atoms with Crippen LogP contribution in [0.5, 0.6) is 0 Å². The molecule has 1 aromatic carbocycles. The van der Waals surface area contributed by atoms with Gasteiger partial charge in [0.25, 0.3) is 0 Å². The molecule has 0 unspecified atom stereocenters. The summed E-state index contributed by atoms with van der Waals surface area (Å²) in [5.74, 6) is 2.22. The Morgan fingerprint density at radius 1 is 1.11 bits per heavy atom. The molecular formula is C15H22N2S. The Morgan fingerprint density at radius 2 is 1.89 bits per heavy atom. The van der Waals surface area contributed by atoms with Crippen LogP contribution in [-0.2, 0) is 13.0 Å². The molecule has 2 aromatic rings. The van der Waals surface area contributed by atoms with E-state index in [1.54, 1.807) is 0 Å². The largest absolute Gasteiger partial charge is 0.328 e. The molecule has 2 rings (SSSR count). The van der Waals surface area contributed by atoms with Gasteiger partial charge >= 0.3 is 0 Å². The Morgan fingerprint density at radius 3 is 2.67 bits per heavy atom. The molecule has 0 aliphatic carbocycles. The summed E-state index contributed by atoms with van der Waals surface area (Å²) < 4.78 is 2.38. The lowest BCUT2D eigenvalue weighted by Crippen LogP contribution is -2.03. The zero-order chi connectivity index (χ0) is 12.8. The molecule has 0 aliphatic heterocycles. The maximum absolute atomic E-state index is 4.70. The van der Waals surface area contributed by atoms with E-state index in [2.05, 4.69) is 48.4 Å². The third kappa shape index (κ3) is 3.08. The van der Waals surface area contributed by atoms with Gasteiger partial charge in [-0.2, -0.15) is 12.6 Å². The highest BCUT2D eigenvalue weighted by Gasteiger charge is 2.07. The third-order valence-corrected chi connectivity index (χ3v) is 3.66. The van der Waals surface area contributed by atoms with Crippen LogP contribution in [-0.4, -0.2) is 15.3 Å². The molecule has 1 aromatic heterocycles. The van der Waals surface area contributed by atoms with Gasteiger partial charge in [-0.25, -0.2) is 4.98 Å². The zero-order valence-electron chi connectivity index (χ0n) is 11.1. The number of imidazole rings is 1. The van der Waals surface area contributed by atoms with Crippen molar-refractivity contribution in [2.75, 3.05) is 5.75 Å². The fourth-order valence-corrected chi connectivity index (χ4v) is 2.60. The predicted octanol–water partition coefficient (Wildman–Crippen LogP) is 4.09. The Hall–Kier alpha value is -0.960. The zero-order valence-corrected chi connectivity index (χ0v) is 12.0. The molecule has 0 amide bonds. The summed E-state index contributed by atoms with van der Waals surface area (Å²) in [6.07, 6.45) is 6.05. The van der Waals surface area contributed by atoms with Gasteiger partial charge in [-0.05, 0) is 30.7 Å². The fourth-order valence-electron chi connectivity index (χ4n) is 2.38. The van der Waals surface area contributed by atoms with Gasteiger partial charge in [0.1, 0.15) is 5.82 Å². The summed E-state index contributed by atoms with van der Waals surface area (Å²) in [4.78, 5) is 4.70. The molecule has 0 saturated heterocycles. The number of unbranched alkanes of at least 4 members (excludes halogenated alkanes) is 3. The topological polar surface area (TPSA) is 17.8 Å². The maximum atomic E-state index is 4.70. The average Bonchev–Trinajstić information content (AvgIpc) is 2.77. The minimum Gasteiger partial charge on any atom is -0.328 e. The molecule has 0 saturated carbocycles. The lowest BCUT2D eigenvalue weighted by molar-refractivity contribution is 0.578. The molecule has 0 atom stereocenters. The molecule has 0 fully saturated rings. The SMILES string of the molecule is CCc1nc2ccccc2n1CCCCCCS. The first-order valence-corrected chi connectivity index (χ1v) is 7.55. The molecule has 1 heterocycles. The quantitative estimate of drug-likeness (QED) is 0.588. The van der Waals surface area contributed by atoms with Crippen LogP contribution in [0.1, 0.15) is 38.4 Å². The van der Waals surface area contributed by atoms with Gasteiger partial charge in [-0.15, -0.1) is 0 Å². The number of aryl methyl sites for hydroxylation is 2. The van der Waals surface area contributed by atoms with Crippen LogP contribution >= 0.6 is 12.6 Å². The highest BCUT2D eigenvalue weighted by Crippen LogP contribution is 2.17. The van der Waals surface area contributed by atoms with Gasteiger partial charge in [0, 0.05) is 13.0 Å². The summed E-state index contributed by atoms with van der Waals surface area (Å²) in [7, 11) is 0. The van der Waals surface area contributed by atoms with Crippen LogP contribution in [0.25, 0.3) is 11.0 Å². The first-order valence-electron chi connectivity index (χ1n) is 6.91. The number of aromatic nitrogens is 2. The van der Waals surface area contributed by atoms with Crippen molar-refractivity contribution in [3.05, 3.63) is 30.1 Å². The Kier molecular flexibility index (Phi) is 5.12. The molecule has 0 aliphatic rings. The van der Waals surface area contributed by atoms with Crippen molar-refractivity contribution >= 4 is 23.7 Å². The Bertz CT molecular complexity index is 490. The molecule has 0 bridgehead atoms. The number of fused-ring (bicyclic) bond motifs is 1. The van der Waals surface area contributed by atoms with Gasteiger partial charge < -0.3 is 4.57 Å². The average molecular weight is 262 g/mol. The van der Waals surface area contributed by atoms with E-state index in [1.165, 1.54) is 37.0 Å². The van der Waals surface area contributed by atoms with Gasteiger partial charge in [0.15, 0.2) is 0 Å². The van der Waals surface area contributed by atoms with E-state index in [0.717, 1.165) is 24.2 Å². The lowest BCUT2D eigenvalue weighted by atomic mass is 10.2. The van der Waals surface area contributed by atoms with Crippen molar-refractivity contribution in [3.8, 4) is 0 Å². The van der Waals surface area contributed by atoms with E-state index in [9.17, 15) is 0 Å². The molecule has 18 heavy (non-hydrogen) atoms. The number of para-hydroxylation sites is 2. The number of thiol groups is 1. The molecule has 3 heteroatoms. The van der Waals surface area contributed by atoms with Crippen molar-refractivity contribution < 1.29 is 0 Å². The predicted molar refractivity (Wildman–Crippen MR) is 81.4 cm³/mol. The van der Waals surface area contributed by atoms with Crippen LogP contribution in [0.15, 0.2) is 24.3 Å². The van der Waals surface area contributed by atoms with Gasteiger partial charge in [-0.3, -0.25) is 0 Å². The van der Waals surface area contributed by atoms with Gasteiger partial charge in [0.05, 0.1) is 11.0 Å². The standard InChI is InChI=1S/C15H22N2S/c1-2-15-16-13-9-5-6-10-14(13)17(15)11-7-3-4-8-12-18/h5-6,9-10,18H,2-4,7-8,11-12H2,1H3. The Labute approximate surface area is 115 Å². The van der Waals surface area contributed by atoms with E-state index < -0.39 is 0 Å². The molecule has 0 spiro atoms. The van der Waals surface area contributed by atoms with Crippen molar-refractivity contribution in [1.82, 2.24) is 9.55 Å². The van der Waals surface area contributed by atoms with Crippen molar-refractivity contribution in [2.45, 2.75) is 45.6 Å². The molecule has 2 nitrogen and oxygen atoms in total. The normalized spacial score (nSPS) is 11.2. The second kappa shape index (κ2) is 6.83. The summed E-state index contributed by atoms with van der Waals surface area (Å²) in [5.41, 5.74) is 2.41. The number of hydrogen-bond donors (Lipinski definition) is 1. The van der Waals surface area contributed by atoms with Crippen LogP contribution in [0, 0.1) is 0 Å². The molecule has 0 radical (unpaired) electrons. The second-order valence-electron chi connectivity index (χ2n) is 4.66. The minimum absolute atomic E-state index is 1.01. The first-order chi connectivity index (χ1) is 8.86. The summed E-state index contributed by atoms with van der Waals surface area (Å²) in [5, 5.41) is 0. The van der Waals surface area contributed by atoms with Crippen LogP contribution in [0.3, 0.4) is 0 Å². The van der Waals surface area contributed by atoms with E-state index in [4.69, 9.17) is 4.98 Å². The maximum Gasteiger partial charge on any atom is 0.109 e. The second-order valence-corrected chi connectivity index (χ2v) is 5.11. The first kappa shape index (κ1) is 13.5. The van der Waals surface area contributed by atoms with Crippen molar-refractivity contribution in [3.63, 3.8) is 0 Å². The summed E-state index contributed by atoms with van der Waals surface area (Å²) >= 11 is 4.25. The number of benzene rings is 1. The van der Waals surface area contributed by atoms with Crippen LogP contribution < -0.4 is 0 Å². The van der Waals surface area contributed by atoms with E-state index >= 15 is 0 Å². The van der Waals surface area contributed by atoms with Crippen molar-refractivity contribution in [1.29, 1.82) is 0 Å². The van der Waals surface area contributed by atoms with E-state index in [-0.39, 0.29) is 0 Å². The van der Waals surface area contributed by atoms with Crippen LogP contribution in [0.2, 0.25) is 0 Å². The van der Waals surface area contributed by atoms with E-state index in [0.29, 0.717) is 0 Å². The molecule has 98 valence electrons. The highest BCUT2D eigenvalue weighted by molar-refractivity contribution is 7.80.